The third kappa shape index (κ3) is 6.39. The highest BCUT2D eigenvalue weighted by molar-refractivity contribution is 7.99. The first-order chi connectivity index (χ1) is 6.74. The van der Waals surface area contributed by atoms with Crippen LogP contribution in [0.4, 0.5) is 0 Å². The summed E-state index contributed by atoms with van der Waals surface area (Å²) < 4.78 is 0. The Balaban J connectivity index is 0. The second-order valence-electron chi connectivity index (χ2n) is 2.48. The molecule has 0 fully saturated rings. The fourth-order valence-electron chi connectivity index (χ4n) is 0.848. The van der Waals surface area contributed by atoms with Gasteiger partial charge in [-0.25, -0.2) is 9.98 Å². The van der Waals surface area contributed by atoms with Crippen LogP contribution in [0.3, 0.4) is 0 Å². The minimum atomic E-state index is -0.130. The Labute approximate surface area is 115 Å². The van der Waals surface area contributed by atoms with Crippen LogP contribution in [-0.4, -0.2) is 23.2 Å². The molecule has 94 valence electrons. The molecule has 0 aromatic carbocycles. The minimum Gasteiger partial charge on any atom is -0.370 e. The van der Waals surface area contributed by atoms with E-state index in [0.717, 1.165) is 11.4 Å². The van der Waals surface area contributed by atoms with Crippen LogP contribution >= 0.6 is 47.9 Å². The van der Waals surface area contributed by atoms with Crippen molar-refractivity contribution in [2.75, 3.05) is 12.3 Å². The molecule has 0 spiro atoms. The topological polar surface area (TPSA) is 103 Å². The molecule has 0 aliphatic rings. The molecule has 0 radical (unpaired) electrons. The fourth-order valence-corrected chi connectivity index (χ4v) is 2.36. The van der Waals surface area contributed by atoms with Crippen molar-refractivity contribution >= 4 is 53.9 Å². The third-order valence-corrected chi connectivity index (χ3v) is 3.10. The van der Waals surface area contributed by atoms with Gasteiger partial charge in [0.05, 0.1) is 11.2 Å². The summed E-state index contributed by atoms with van der Waals surface area (Å²) in [7, 11) is 0. The van der Waals surface area contributed by atoms with Gasteiger partial charge in [-0.1, -0.05) is 0 Å². The van der Waals surface area contributed by atoms with Gasteiger partial charge in [0.25, 0.3) is 0 Å². The molecule has 6 N–H and O–H groups in total. The van der Waals surface area contributed by atoms with Gasteiger partial charge in [-0.15, -0.1) is 47.9 Å². The lowest BCUT2D eigenvalue weighted by atomic mass is 10.5. The lowest BCUT2D eigenvalue weighted by Crippen LogP contribution is -2.23. The van der Waals surface area contributed by atoms with Gasteiger partial charge in [-0.3, -0.25) is 0 Å². The van der Waals surface area contributed by atoms with E-state index in [2.05, 4.69) is 9.98 Å². The van der Waals surface area contributed by atoms with E-state index >= 15 is 0 Å². The number of aromatic nitrogens is 1. The molecule has 5 nitrogen and oxygen atoms in total. The quantitative estimate of drug-likeness (QED) is 0.555. The molecule has 0 saturated carbocycles. The number of thioether (sulfide) groups is 1. The van der Waals surface area contributed by atoms with Gasteiger partial charge < -0.3 is 17.2 Å². The van der Waals surface area contributed by atoms with Crippen LogP contribution in [0.2, 0.25) is 0 Å². The molecule has 1 atom stereocenters. The molecule has 1 unspecified atom stereocenters. The second kappa shape index (κ2) is 9.98. The predicted molar refractivity (Wildman–Crippen MR) is 76.7 cm³/mol. The lowest BCUT2D eigenvalue weighted by Gasteiger charge is -2.08. The molecule has 0 aliphatic heterocycles. The highest BCUT2D eigenvalue weighted by Crippen LogP contribution is 2.29. The number of nitrogens with two attached hydrogens (primary N) is 3. The van der Waals surface area contributed by atoms with E-state index in [1.807, 2.05) is 5.38 Å². The van der Waals surface area contributed by atoms with Crippen LogP contribution in [0.1, 0.15) is 11.1 Å². The highest BCUT2D eigenvalue weighted by atomic mass is 35.5. The first-order valence-corrected chi connectivity index (χ1v) is 6.01. The van der Waals surface area contributed by atoms with Crippen molar-refractivity contribution in [2.45, 2.75) is 5.37 Å². The molecule has 0 bridgehead atoms. The number of rotatable bonds is 5. The Bertz CT molecular complexity index is 289. The summed E-state index contributed by atoms with van der Waals surface area (Å²) in [4.78, 5) is 8.24. The smallest absolute Gasteiger partial charge is 0.187 e. The van der Waals surface area contributed by atoms with E-state index in [1.54, 1.807) is 17.3 Å². The van der Waals surface area contributed by atoms with E-state index in [4.69, 9.17) is 17.2 Å². The normalized spacial score (nSPS) is 10.8. The van der Waals surface area contributed by atoms with Crippen LogP contribution < -0.4 is 17.2 Å². The molecule has 0 saturated heterocycles. The standard InChI is InChI=1S/C7H13N5S2.2ClH/c8-1-2-14-6(12-7(9)10)5-3-13-4-11-5;;/h3-4,6H,1-2,8H2,(H4,9,10,12);2*1H. The number of aliphatic imine (C=N–C) groups is 1. The van der Waals surface area contributed by atoms with Crippen molar-refractivity contribution in [3.8, 4) is 0 Å². The summed E-state index contributed by atoms with van der Waals surface area (Å²) in [6.07, 6.45) is 0. The maximum Gasteiger partial charge on any atom is 0.187 e. The van der Waals surface area contributed by atoms with E-state index in [0.29, 0.717) is 6.54 Å². The Kier molecular flexibility index (Phi) is 11.3. The van der Waals surface area contributed by atoms with Crippen molar-refractivity contribution in [1.82, 2.24) is 4.98 Å². The van der Waals surface area contributed by atoms with Crippen LogP contribution in [0, 0.1) is 0 Å². The first-order valence-electron chi connectivity index (χ1n) is 4.02. The van der Waals surface area contributed by atoms with Crippen molar-refractivity contribution in [3.05, 3.63) is 16.6 Å². The SMILES string of the molecule is Cl.Cl.NCCSC(N=C(N)N)c1cscn1. The number of hydrogen-bond donors (Lipinski definition) is 3. The summed E-state index contributed by atoms with van der Waals surface area (Å²) in [5, 5.41) is 1.80. The number of guanidine groups is 1. The van der Waals surface area contributed by atoms with E-state index < -0.39 is 0 Å². The number of nitrogens with zero attached hydrogens (tertiary/aromatic N) is 2. The van der Waals surface area contributed by atoms with Gasteiger partial charge in [-0.05, 0) is 0 Å². The summed E-state index contributed by atoms with van der Waals surface area (Å²) in [6, 6.07) is 0. The fraction of sp³-hybridized carbons (Fsp3) is 0.429. The molecule has 1 aromatic rings. The Morgan fingerprint density at radius 3 is 2.62 bits per heavy atom. The Morgan fingerprint density at radius 2 is 2.19 bits per heavy atom. The zero-order chi connectivity index (χ0) is 10.4. The summed E-state index contributed by atoms with van der Waals surface area (Å²) in [5.74, 6) is 0.881. The zero-order valence-electron chi connectivity index (χ0n) is 8.41. The van der Waals surface area contributed by atoms with Gasteiger partial charge >= 0.3 is 0 Å². The van der Waals surface area contributed by atoms with Crippen molar-refractivity contribution in [3.63, 3.8) is 0 Å². The highest BCUT2D eigenvalue weighted by Gasteiger charge is 2.12. The van der Waals surface area contributed by atoms with Crippen LogP contribution in [0.15, 0.2) is 15.9 Å². The molecule has 1 rings (SSSR count). The summed E-state index contributed by atoms with van der Waals surface area (Å²) in [5.41, 5.74) is 18.7. The Hall–Kier alpha value is -0.210. The van der Waals surface area contributed by atoms with Crippen LogP contribution in [-0.2, 0) is 0 Å². The van der Waals surface area contributed by atoms with Crippen molar-refractivity contribution in [1.29, 1.82) is 0 Å². The average Bonchev–Trinajstić information content (AvgIpc) is 2.64. The maximum atomic E-state index is 5.41. The minimum absolute atomic E-state index is 0. The molecule has 9 heteroatoms. The third-order valence-electron chi connectivity index (χ3n) is 1.36. The molecule has 1 aromatic heterocycles. The average molecular weight is 304 g/mol. The van der Waals surface area contributed by atoms with E-state index in [-0.39, 0.29) is 36.1 Å². The molecule has 1 heterocycles. The Morgan fingerprint density at radius 1 is 1.50 bits per heavy atom. The molecular weight excluding hydrogens is 289 g/mol. The van der Waals surface area contributed by atoms with Gasteiger partial charge in [0.15, 0.2) is 5.96 Å². The van der Waals surface area contributed by atoms with Crippen molar-refractivity contribution < 1.29 is 0 Å². The van der Waals surface area contributed by atoms with E-state index in [1.165, 1.54) is 11.3 Å². The molecule has 0 amide bonds. The molecule has 0 aliphatic carbocycles. The van der Waals surface area contributed by atoms with Crippen LogP contribution in [0.25, 0.3) is 0 Å². The summed E-state index contributed by atoms with van der Waals surface area (Å²) in [6.45, 7) is 0.602. The number of halogens is 2. The van der Waals surface area contributed by atoms with Crippen LogP contribution in [0.5, 0.6) is 0 Å². The molecule has 16 heavy (non-hydrogen) atoms. The first kappa shape index (κ1) is 18.2. The zero-order valence-corrected chi connectivity index (χ0v) is 11.7. The lowest BCUT2D eigenvalue weighted by molar-refractivity contribution is 0.967. The largest absolute Gasteiger partial charge is 0.370 e. The van der Waals surface area contributed by atoms with Crippen molar-refractivity contribution in [2.24, 2.45) is 22.2 Å². The van der Waals surface area contributed by atoms with Gasteiger partial charge in [0.2, 0.25) is 0 Å². The predicted octanol–water partition coefficient (Wildman–Crippen LogP) is 0.951. The maximum absolute atomic E-state index is 5.41. The number of hydrogen-bond acceptors (Lipinski definition) is 5. The molecular formula is C7H15Cl2N5S2. The van der Waals surface area contributed by atoms with E-state index in [9.17, 15) is 0 Å². The summed E-state index contributed by atoms with van der Waals surface area (Å²) >= 11 is 3.10. The number of thiazole rings is 1. The van der Waals surface area contributed by atoms with Gasteiger partial charge in [0.1, 0.15) is 5.37 Å². The monoisotopic (exact) mass is 303 g/mol. The van der Waals surface area contributed by atoms with Gasteiger partial charge in [0, 0.05) is 17.7 Å². The second-order valence-corrected chi connectivity index (χ2v) is 4.39. The van der Waals surface area contributed by atoms with Gasteiger partial charge in [-0.2, -0.15) is 0 Å².